The van der Waals surface area contributed by atoms with Gasteiger partial charge in [-0.05, 0) is 63.2 Å². The Labute approximate surface area is 126 Å². The highest BCUT2D eigenvalue weighted by Crippen LogP contribution is 2.63. The molecule has 21 heavy (non-hydrogen) atoms. The Morgan fingerprint density at radius 1 is 1.33 bits per heavy atom. The first kappa shape index (κ1) is 12.3. The molecule has 1 unspecified atom stereocenters. The highest BCUT2D eigenvalue weighted by atomic mass is 16.5. The minimum absolute atomic E-state index is 0.285. The fourth-order valence-electron chi connectivity index (χ4n) is 5.86. The minimum Gasteiger partial charge on any atom is -0.493 e. The summed E-state index contributed by atoms with van der Waals surface area (Å²) < 4.78 is 12.1. The maximum Gasteiger partial charge on any atom is 0.165 e. The van der Waals surface area contributed by atoms with Gasteiger partial charge in [0.1, 0.15) is 6.10 Å². The molecule has 1 saturated carbocycles. The van der Waals surface area contributed by atoms with Crippen LogP contribution < -0.4 is 9.47 Å². The van der Waals surface area contributed by atoms with Gasteiger partial charge >= 0.3 is 0 Å². The van der Waals surface area contributed by atoms with Crippen LogP contribution in [0.25, 0.3) is 0 Å². The van der Waals surface area contributed by atoms with Gasteiger partial charge in [0.25, 0.3) is 0 Å². The van der Waals surface area contributed by atoms with Gasteiger partial charge in [-0.3, -0.25) is 0 Å². The maximum atomic E-state index is 6.49. The van der Waals surface area contributed by atoms with Crippen LogP contribution in [-0.2, 0) is 11.8 Å². The number of hydrogen-bond donors (Lipinski definition) is 0. The molecule has 1 spiro atoms. The topological polar surface area (TPSA) is 21.7 Å². The second kappa shape index (κ2) is 3.95. The lowest BCUT2D eigenvalue weighted by Gasteiger charge is -2.57. The Bertz CT molecular complexity index is 613. The molecule has 0 N–H and O–H groups in total. The van der Waals surface area contributed by atoms with Gasteiger partial charge in [-0.15, -0.1) is 0 Å². The maximum absolute atomic E-state index is 6.49. The number of ether oxygens (including phenoxy) is 2. The molecular formula is C18H23NO2. The summed E-state index contributed by atoms with van der Waals surface area (Å²) in [6.07, 6.45) is 6.72. The molecule has 0 amide bonds. The number of likely N-dealkylation sites (tertiary alicyclic amines) is 1. The summed E-state index contributed by atoms with van der Waals surface area (Å²) in [6.45, 7) is 1.21. The molecule has 112 valence electrons. The van der Waals surface area contributed by atoms with Gasteiger partial charge < -0.3 is 14.4 Å². The van der Waals surface area contributed by atoms with Crippen molar-refractivity contribution in [1.29, 1.82) is 0 Å². The number of methoxy groups -OCH3 is 1. The van der Waals surface area contributed by atoms with Crippen LogP contribution in [0.4, 0.5) is 0 Å². The van der Waals surface area contributed by atoms with E-state index in [1.165, 1.54) is 49.8 Å². The predicted molar refractivity (Wildman–Crippen MR) is 81.2 cm³/mol. The zero-order chi connectivity index (χ0) is 14.2. The Kier molecular flexibility index (Phi) is 2.32. The lowest BCUT2D eigenvalue weighted by atomic mass is 9.52. The van der Waals surface area contributed by atoms with Gasteiger partial charge in [0.05, 0.1) is 7.11 Å². The van der Waals surface area contributed by atoms with Gasteiger partial charge in [0.2, 0.25) is 0 Å². The second-order valence-electron chi connectivity index (χ2n) is 7.32. The lowest BCUT2D eigenvalue weighted by Crippen LogP contribution is -2.63. The van der Waals surface area contributed by atoms with Crippen molar-refractivity contribution in [3.63, 3.8) is 0 Å². The molecule has 1 aromatic rings. The molecule has 5 rings (SSSR count). The molecular weight excluding hydrogens is 262 g/mol. The number of likely N-dealkylation sites (N-methyl/N-ethyl adjacent to an activating group) is 1. The third kappa shape index (κ3) is 1.30. The smallest absolute Gasteiger partial charge is 0.165 e. The highest BCUT2D eigenvalue weighted by molar-refractivity contribution is 5.60. The summed E-state index contributed by atoms with van der Waals surface area (Å²) in [4.78, 5) is 2.60. The molecule has 2 bridgehead atoms. The summed E-state index contributed by atoms with van der Waals surface area (Å²) >= 11 is 0. The summed E-state index contributed by atoms with van der Waals surface area (Å²) in [7, 11) is 4.07. The average Bonchev–Trinajstić information content (AvgIpc) is 2.84. The third-order valence-electron chi connectivity index (χ3n) is 6.71. The van der Waals surface area contributed by atoms with Crippen LogP contribution in [0.5, 0.6) is 11.5 Å². The molecule has 0 radical (unpaired) electrons. The molecule has 3 heteroatoms. The highest BCUT2D eigenvalue weighted by Gasteiger charge is 2.62. The van der Waals surface area contributed by atoms with Crippen LogP contribution in [0.3, 0.4) is 0 Å². The van der Waals surface area contributed by atoms with Crippen molar-refractivity contribution in [2.45, 2.75) is 49.7 Å². The number of nitrogens with zero attached hydrogens (tertiary/aromatic N) is 1. The second-order valence-corrected chi connectivity index (χ2v) is 7.32. The van der Waals surface area contributed by atoms with Crippen molar-refractivity contribution in [3.8, 4) is 11.5 Å². The van der Waals surface area contributed by atoms with Gasteiger partial charge in [-0.2, -0.15) is 0 Å². The van der Waals surface area contributed by atoms with E-state index in [0.29, 0.717) is 12.1 Å². The zero-order valence-electron chi connectivity index (χ0n) is 12.9. The van der Waals surface area contributed by atoms with E-state index < -0.39 is 0 Å². The third-order valence-corrected chi connectivity index (χ3v) is 6.71. The van der Waals surface area contributed by atoms with E-state index in [2.05, 4.69) is 24.1 Å². The minimum atomic E-state index is 0.285. The van der Waals surface area contributed by atoms with E-state index in [9.17, 15) is 0 Å². The van der Waals surface area contributed by atoms with Crippen molar-refractivity contribution >= 4 is 0 Å². The Morgan fingerprint density at radius 3 is 3.10 bits per heavy atom. The van der Waals surface area contributed by atoms with Crippen LogP contribution in [0, 0.1) is 5.92 Å². The SMILES string of the molecule is COc1ccc2c3c1O[C@H]1CCCC4[C@@H](C2)N(C)CC[C@@]341. The Morgan fingerprint density at radius 2 is 2.24 bits per heavy atom. The molecule has 4 aliphatic rings. The fourth-order valence-corrected chi connectivity index (χ4v) is 5.86. The van der Waals surface area contributed by atoms with E-state index in [-0.39, 0.29) is 5.41 Å². The number of benzene rings is 1. The molecule has 0 aromatic heterocycles. The van der Waals surface area contributed by atoms with E-state index in [0.717, 1.165) is 17.4 Å². The summed E-state index contributed by atoms with van der Waals surface area (Å²) in [5.41, 5.74) is 3.33. The first-order valence-corrected chi connectivity index (χ1v) is 8.33. The molecule has 2 aliphatic carbocycles. The van der Waals surface area contributed by atoms with Crippen LogP contribution >= 0.6 is 0 Å². The molecule has 1 saturated heterocycles. The van der Waals surface area contributed by atoms with E-state index in [1.54, 1.807) is 7.11 Å². The largest absolute Gasteiger partial charge is 0.493 e. The van der Waals surface area contributed by atoms with Gasteiger partial charge in [-0.25, -0.2) is 0 Å². The van der Waals surface area contributed by atoms with Crippen LogP contribution in [-0.4, -0.2) is 37.7 Å². The van der Waals surface area contributed by atoms with Gasteiger partial charge in [0.15, 0.2) is 11.5 Å². The van der Waals surface area contributed by atoms with Crippen LogP contribution in [0.1, 0.15) is 36.8 Å². The monoisotopic (exact) mass is 285 g/mol. The Hall–Kier alpha value is -1.22. The standard InChI is InChI=1S/C18H23NO2/c1-19-9-8-18-12-4-3-5-15(18)21-17-14(20-2)7-6-11(16(17)18)10-13(12)19/h6-7,12-13,15H,3-5,8-10H2,1-2H3/t12?,13-,15+,18-/m1/s1. The lowest BCUT2D eigenvalue weighted by molar-refractivity contribution is -0.0426. The molecule has 2 aliphatic heterocycles. The average molecular weight is 285 g/mol. The number of hydrogen-bond acceptors (Lipinski definition) is 3. The van der Waals surface area contributed by atoms with E-state index in [1.807, 2.05) is 0 Å². The normalized spacial score (nSPS) is 39.6. The van der Waals surface area contributed by atoms with E-state index in [4.69, 9.17) is 9.47 Å². The molecule has 4 atom stereocenters. The van der Waals surface area contributed by atoms with E-state index >= 15 is 0 Å². The fraction of sp³-hybridized carbons (Fsp3) is 0.667. The first-order chi connectivity index (χ1) is 10.3. The number of rotatable bonds is 1. The first-order valence-electron chi connectivity index (χ1n) is 8.33. The van der Waals surface area contributed by atoms with Crippen LogP contribution in [0.2, 0.25) is 0 Å². The summed E-state index contributed by atoms with van der Waals surface area (Å²) in [5.74, 6) is 2.79. The summed E-state index contributed by atoms with van der Waals surface area (Å²) in [6, 6.07) is 5.11. The Balaban J connectivity index is 1.79. The van der Waals surface area contributed by atoms with Gasteiger partial charge in [-0.1, -0.05) is 6.07 Å². The van der Waals surface area contributed by atoms with Crippen molar-refractivity contribution < 1.29 is 9.47 Å². The zero-order valence-corrected chi connectivity index (χ0v) is 12.9. The van der Waals surface area contributed by atoms with Crippen molar-refractivity contribution in [2.24, 2.45) is 5.92 Å². The molecule has 2 fully saturated rings. The van der Waals surface area contributed by atoms with Crippen molar-refractivity contribution in [1.82, 2.24) is 4.90 Å². The van der Waals surface area contributed by atoms with Gasteiger partial charge in [0, 0.05) is 17.0 Å². The molecule has 3 nitrogen and oxygen atoms in total. The van der Waals surface area contributed by atoms with Crippen molar-refractivity contribution in [2.75, 3.05) is 20.7 Å². The molecule has 2 heterocycles. The quantitative estimate of drug-likeness (QED) is 0.792. The predicted octanol–water partition coefficient (Wildman–Crippen LogP) is 2.75. The molecule has 1 aromatic carbocycles. The van der Waals surface area contributed by atoms with Crippen LogP contribution in [0.15, 0.2) is 12.1 Å². The van der Waals surface area contributed by atoms with Crippen molar-refractivity contribution in [3.05, 3.63) is 23.3 Å². The number of piperidine rings is 1. The summed E-state index contributed by atoms with van der Waals surface area (Å²) in [5, 5.41) is 0.